The minimum atomic E-state index is -1.52. The van der Waals surface area contributed by atoms with E-state index in [-0.39, 0.29) is 17.1 Å². The number of unbranched alkanes of at least 4 members (excludes halogenated alkanes) is 2. The summed E-state index contributed by atoms with van der Waals surface area (Å²) < 4.78 is 34.5. The van der Waals surface area contributed by atoms with Crippen LogP contribution in [0.2, 0.25) is 0 Å². The molecule has 3 rings (SSSR count). The first-order valence-corrected chi connectivity index (χ1v) is 11.7. The van der Waals surface area contributed by atoms with E-state index in [0.717, 1.165) is 24.3 Å². The molecule has 3 nitrogen and oxygen atoms in total. The Balaban J connectivity index is 1.65. The summed E-state index contributed by atoms with van der Waals surface area (Å²) in [6.45, 7) is 5.20. The number of rotatable bonds is 10. The van der Waals surface area contributed by atoms with E-state index in [0.29, 0.717) is 17.0 Å². The maximum Gasteiger partial charge on any atom is 0.222 e. The molecule has 1 fully saturated rings. The van der Waals surface area contributed by atoms with Crippen LogP contribution in [-0.4, -0.2) is 23.1 Å². The van der Waals surface area contributed by atoms with Crippen LogP contribution in [0.1, 0.15) is 69.8 Å². The van der Waals surface area contributed by atoms with Crippen molar-refractivity contribution < 1.29 is 23.7 Å². The summed E-state index contributed by atoms with van der Waals surface area (Å²) in [6.07, 6.45) is 8.27. The van der Waals surface area contributed by atoms with E-state index < -0.39 is 18.7 Å². The van der Waals surface area contributed by atoms with Gasteiger partial charge in [0.1, 0.15) is 5.82 Å². The second-order valence-corrected chi connectivity index (χ2v) is 8.88. The maximum atomic E-state index is 14.9. The minimum absolute atomic E-state index is 0.0186. The first-order valence-electron chi connectivity index (χ1n) is 11.7. The van der Waals surface area contributed by atoms with Crippen molar-refractivity contribution in [3.8, 4) is 16.9 Å². The van der Waals surface area contributed by atoms with Gasteiger partial charge in [-0.25, -0.2) is 8.78 Å². The van der Waals surface area contributed by atoms with Crippen molar-refractivity contribution in [3.05, 3.63) is 65.7 Å². The Kier molecular flexibility index (Phi) is 8.83. The largest absolute Gasteiger partial charge is 0.458 e. The number of aliphatic hydroxyl groups is 2. The van der Waals surface area contributed by atoms with Gasteiger partial charge in [0.15, 0.2) is 11.6 Å². The lowest BCUT2D eigenvalue weighted by molar-refractivity contribution is 0.00466. The van der Waals surface area contributed by atoms with Gasteiger partial charge in [0.05, 0.1) is 6.61 Å². The van der Waals surface area contributed by atoms with E-state index in [1.54, 1.807) is 18.2 Å². The standard InChI is InChI=1S/C27H34F2O3/c1-3-4-5-6-19-7-9-20(10-8-19)21-11-13-23(24(28)15-21)22-12-14-26(25(29)16-22)32-27(31)18(2)17-30/h11-16,19-20,27,30-31H,2-10,17H2,1H3. The zero-order valence-corrected chi connectivity index (χ0v) is 18.8. The fraction of sp³-hybridized carbons (Fsp3) is 0.481. The van der Waals surface area contributed by atoms with Gasteiger partial charge in [0.2, 0.25) is 6.29 Å². The molecule has 32 heavy (non-hydrogen) atoms. The van der Waals surface area contributed by atoms with Crippen molar-refractivity contribution in [3.63, 3.8) is 0 Å². The molecule has 174 valence electrons. The third kappa shape index (κ3) is 6.17. The topological polar surface area (TPSA) is 49.7 Å². The SMILES string of the molecule is C=C(CO)C(O)Oc1ccc(-c2ccc(C3CCC(CCCCC)CC3)cc2F)cc1F. The normalized spacial score (nSPS) is 19.5. The number of halogens is 2. The van der Waals surface area contributed by atoms with Gasteiger partial charge in [0, 0.05) is 11.1 Å². The Labute approximate surface area is 189 Å². The lowest BCUT2D eigenvalue weighted by Gasteiger charge is -2.29. The molecule has 1 saturated carbocycles. The van der Waals surface area contributed by atoms with Crippen molar-refractivity contribution in [2.75, 3.05) is 6.61 Å². The summed E-state index contributed by atoms with van der Waals surface area (Å²) in [5.41, 5.74) is 1.76. The Morgan fingerprint density at radius 2 is 1.81 bits per heavy atom. The molecule has 2 aromatic rings. The van der Waals surface area contributed by atoms with Crippen LogP contribution in [0.3, 0.4) is 0 Å². The van der Waals surface area contributed by atoms with Crippen LogP contribution in [0.5, 0.6) is 5.75 Å². The van der Waals surface area contributed by atoms with Gasteiger partial charge in [-0.3, -0.25) is 0 Å². The van der Waals surface area contributed by atoms with Gasteiger partial charge in [-0.2, -0.15) is 0 Å². The number of hydrogen-bond donors (Lipinski definition) is 2. The number of ether oxygens (including phenoxy) is 1. The molecule has 1 unspecified atom stereocenters. The molecule has 2 aromatic carbocycles. The highest BCUT2D eigenvalue weighted by Gasteiger charge is 2.23. The molecule has 0 saturated heterocycles. The maximum absolute atomic E-state index is 14.9. The molecule has 0 aliphatic heterocycles. The molecule has 2 N–H and O–H groups in total. The number of benzene rings is 2. The monoisotopic (exact) mass is 444 g/mol. The van der Waals surface area contributed by atoms with Crippen LogP contribution in [0.4, 0.5) is 8.78 Å². The summed E-state index contributed by atoms with van der Waals surface area (Å²) in [5, 5.41) is 18.7. The van der Waals surface area contributed by atoms with E-state index in [1.165, 1.54) is 50.7 Å². The second-order valence-electron chi connectivity index (χ2n) is 8.88. The Bertz CT molecular complexity index is 904. The third-order valence-corrected chi connectivity index (χ3v) is 6.56. The van der Waals surface area contributed by atoms with E-state index >= 15 is 0 Å². The molecule has 0 aromatic heterocycles. The van der Waals surface area contributed by atoms with Crippen LogP contribution in [0.15, 0.2) is 48.6 Å². The Morgan fingerprint density at radius 3 is 2.44 bits per heavy atom. The first kappa shape index (κ1) is 24.4. The van der Waals surface area contributed by atoms with E-state index in [4.69, 9.17) is 9.84 Å². The van der Waals surface area contributed by atoms with Crippen molar-refractivity contribution in [1.29, 1.82) is 0 Å². The molecule has 1 atom stereocenters. The Morgan fingerprint density at radius 1 is 1.06 bits per heavy atom. The van der Waals surface area contributed by atoms with Gasteiger partial charge >= 0.3 is 0 Å². The lowest BCUT2D eigenvalue weighted by atomic mass is 9.77. The van der Waals surface area contributed by atoms with Crippen molar-refractivity contribution in [1.82, 2.24) is 0 Å². The van der Waals surface area contributed by atoms with Crippen LogP contribution in [0.25, 0.3) is 11.1 Å². The van der Waals surface area contributed by atoms with Crippen molar-refractivity contribution >= 4 is 0 Å². The average Bonchev–Trinajstić information content (AvgIpc) is 2.80. The third-order valence-electron chi connectivity index (χ3n) is 6.56. The highest BCUT2D eigenvalue weighted by molar-refractivity contribution is 5.65. The van der Waals surface area contributed by atoms with Gasteiger partial charge in [0.25, 0.3) is 0 Å². The van der Waals surface area contributed by atoms with Crippen LogP contribution in [-0.2, 0) is 0 Å². The molecular weight excluding hydrogens is 410 g/mol. The van der Waals surface area contributed by atoms with E-state index in [2.05, 4.69) is 13.5 Å². The molecule has 1 aliphatic carbocycles. The second kappa shape index (κ2) is 11.6. The van der Waals surface area contributed by atoms with Crippen LogP contribution < -0.4 is 4.74 Å². The van der Waals surface area contributed by atoms with E-state index in [1.807, 2.05) is 6.07 Å². The highest BCUT2D eigenvalue weighted by Crippen LogP contribution is 2.39. The molecule has 0 bridgehead atoms. The van der Waals surface area contributed by atoms with Crippen molar-refractivity contribution in [2.24, 2.45) is 5.92 Å². The molecule has 0 heterocycles. The summed E-state index contributed by atoms with van der Waals surface area (Å²) in [4.78, 5) is 0. The molecular formula is C27H34F2O3. The zero-order chi connectivity index (χ0) is 23.1. The van der Waals surface area contributed by atoms with E-state index in [9.17, 15) is 13.9 Å². The minimum Gasteiger partial charge on any atom is -0.458 e. The average molecular weight is 445 g/mol. The number of hydrogen-bond acceptors (Lipinski definition) is 3. The van der Waals surface area contributed by atoms with Gasteiger partial charge < -0.3 is 14.9 Å². The summed E-state index contributed by atoms with van der Waals surface area (Å²) in [7, 11) is 0. The van der Waals surface area contributed by atoms with Gasteiger partial charge in [-0.05, 0) is 66.8 Å². The molecule has 1 aliphatic rings. The summed E-state index contributed by atoms with van der Waals surface area (Å²) in [6, 6.07) is 9.34. The molecule has 5 heteroatoms. The molecule has 0 amide bonds. The van der Waals surface area contributed by atoms with Crippen LogP contribution in [0, 0.1) is 17.6 Å². The van der Waals surface area contributed by atoms with Crippen molar-refractivity contribution in [2.45, 2.75) is 70.5 Å². The summed E-state index contributed by atoms with van der Waals surface area (Å²) in [5.74, 6) is -0.0941. The predicted molar refractivity (Wildman–Crippen MR) is 123 cm³/mol. The van der Waals surface area contributed by atoms with Gasteiger partial charge in [-0.15, -0.1) is 0 Å². The molecule has 0 spiro atoms. The predicted octanol–water partition coefficient (Wildman–Crippen LogP) is 6.73. The quantitative estimate of drug-likeness (QED) is 0.243. The number of aliphatic hydroxyl groups excluding tert-OH is 2. The highest BCUT2D eigenvalue weighted by atomic mass is 19.1. The van der Waals surface area contributed by atoms with Crippen LogP contribution >= 0.6 is 0 Å². The first-order chi connectivity index (χ1) is 15.4. The molecule has 0 radical (unpaired) electrons. The lowest BCUT2D eigenvalue weighted by Crippen LogP contribution is -2.20. The van der Waals surface area contributed by atoms with Gasteiger partial charge in [-0.1, -0.05) is 57.4 Å². The zero-order valence-electron chi connectivity index (χ0n) is 18.8. The fourth-order valence-electron chi connectivity index (χ4n) is 4.53. The summed E-state index contributed by atoms with van der Waals surface area (Å²) >= 11 is 0. The Hall–Kier alpha value is -2.24. The smallest absolute Gasteiger partial charge is 0.222 e. The fourth-order valence-corrected chi connectivity index (χ4v) is 4.53.